The minimum Gasteiger partial charge on any atom is -0.463 e. The van der Waals surface area contributed by atoms with Gasteiger partial charge in [0.15, 0.2) is 0 Å². The average Bonchev–Trinajstić information content (AvgIpc) is 2.30. The van der Waals surface area contributed by atoms with Crippen molar-refractivity contribution in [1.29, 1.82) is 0 Å². The Labute approximate surface area is 97.4 Å². The first-order valence-electron chi connectivity index (χ1n) is 5.73. The predicted molar refractivity (Wildman–Crippen MR) is 64.7 cm³/mol. The van der Waals surface area contributed by atoms with E-state index >= 15 is 0 Å². The largest absolute Gasteiger partial charge is 0.463 e. The minimum absolute atomic E-state index is 0.253. The molecule has 0 radical (unpaired) electrons. The van der Waals surface area contributed by atoms with Gasteiger partial charge >= 0.3 is 5.97 Å². The van der Waals surface area contributed by atoms with Crippen LogP contribution in [0.5, 0.6) is 0 Å². The SMILES string of the molecule is C#CC1=C(/C=C(\C)C(=O)OCC)CCCC1. The first-order chi connectivity index (χ1) is 7.69. The lowest BCUT2D eigenvalue weighted by atomic mass is 9.91. The van der Waals surface area contributed by atoms with Crippen molar-refractivity contribution in [3.8, 4) is 12.3 Å². The van der Waals surface area contributed by atoms with Crippen molar-refractivity contribution in [1.82, 2.24) is 0 Å². The van der Waals surface area contributed by atoms with Gasteiger partial charge in [-0.05, 0) is 51.2 Å². The van der Waals surface area contributed by atoms with Crippen LogP contribution >= 0.6 is 0 Å². The fourth-order valence-corrected chi connectivity index (χ4v) is 1.82. The molecule has 1 aliphatic carbocycles. The first kappa shape index (κ1) is 12.6. The topological polar surface area (TPSA) is 26.3 Å². The molecule has 2 nitrogen and oxygen atoms in total. The molecule has 2 heteroatoms. The van der Waals surface area contributed by atoms with Crippen LogP contribution in [0.25, 0.3) is 0 Å². The Balaban J connectivity index is 2.85. The van der Waals surface area contributed by atoms with Crippen molar-refractivity contribution < 1.29 is 9.53 Å². The van der Waals surface area contributed by atoms with E-state index in [2.05, 4.69) is 5.92 Å². The van der Waals surface area contributed by atoms with E-state index in [9.17, 15) is 4.79 Å². The van der Waals surface area contributed by atoms with E-state index in [4.69, 9.17) is 11.2 Å². The molecule has 0 fully saturated rings. The normalized spacial score (nSPS) is 16.9. The molecule has 16 heavy (non-hydrogen) atoms. The molecule has 0 amide bonds. The van der Waals surface area contributed by atoms with Crippen molar-refractivity contribution in [3.63, 3.8) is 0 Å². The van der Waals surface area contributed by atoms with E-state index in [0.29, 0.717) is 12.2 Å². The number of terminal acetylenes is 1. The number of hydrogen-bond acceptors (Lipinski definition) is 2. The maximum Gasteiger partial charge on any atom is 0.333 e. The lowest BCUT2D eigenvalue weighted by Gasteiger charge is -2.14. The molecule has 1 rings (SSSR count). The van der Waals surface area contributed by atoms with Crippen molar-refractivity contribution in [2.45, 2.75) is 39.5 Å². The number of ether oxygens (including phenoxy) is 1. The highest BCUT2D eigenvalue weighted by molar-refractivity contribution is 5.88. The molecule has 0 N–H and O–H groups in total. The van der Waals surface area contributed by atoms with Crippen LogP contribution in [0, 0.1) is 12.3 Å². The quantitative estimate of drug-likeness (QED) is 0.413. The van der Waals surface area contributed by atoms with Crippen LogP contribution in [0.3, 0.4) is 0 Å². The lowest BCUT2D eigenvalue weighted by Crippen LogP contribution is -2.06. The second-order valence-electron chi connectivity index (χ2n) is 3.90. The van der Waals surface area contributed by atoms with Crippen LogP contribution in [0.4, 0.5) is 0 Å². The van der Waals surface area contributed by atoms with E-state index < -0.39 is 0 Å². The van der Waals surface area contributed by atoms with Gasteiger partial charge in [-0.2, -0.15) is 0 Å². The fraction of sp³-hybridized carbons (Fsp3) is 0.500. The molecule has 0 aromatic rings. The predicted octanol–water partition coefficient (Wildman–Crippen LogP) is 3.00. The van der Waals surface area contributed by atoms with E-state index in [-0.39, 0.29) is 5.97 Å². The van der Waals surface area contributed by atoms with Crippen LogP contribution in [-0.4, -0.2) is 12.6 Å². The van der Waals surface area contributed by atoms with Gasteiger partial charge in [-0.15, -0.1) is 6.42 Å². The Kier molecular flexibility index (Phi) is 4.85. The number of carbonyl (C=O) groups excluding carboxylic acids is 1. The minimum atomic E-state index is -0.253. The molecule has 0 atom stereocenters. The Morgan fingerprint density at radius 1 is 1.50 bits per heavy atom. The second kappa shape index (κ2) is 6.17. The zero-order chi connectivity index (χ0) is 12.0. The molecule has 0 saturated heterocycles. The summed E-state index contributed by atoms with van der Waals surface area (Å²) in [5.41, 5.74) is 2.79. The second-order valence-corrected chi connectivity index (χ2v) is 3.90. The number of allylic oxidation sites excluding steroid dienone is 3. The smallest absolute Gasteiger partial charge is 0.333 e. The van der Waals surface area contributed by atoms with Crippen molar-refractivity contribution in [3.05, 3.63) is 22.8 Å². The van der Waals surface area contributed by atoms with Gasteiger partial charge in [-0.25, -0.2) is 4.79 Å². The third-order valence-electron chi connectivity index (χ3n) is 2.67. The molecule has 0 spiro atoms. The number of rotatable bonds is 3. The van der Waals surface area contributed by atoms with E-state index in [1.165, 1.54) is 0 Å². The van der Waals surface area contributed by atoms with E-state index in [1.807, 2.05) is 6.08 Å². The van der Waals surface area contributed by atoms with Gasteiger partial charge in [0.05, 0.1) is 6.61 Å². The summed E-state index contributed by atoms with van der Waals surface area (Å²) >= 11 is 0. The first-order valence-corrected chi connectivity index (χ1v) is 5.73. The van der Waals surface area contributed by atoms with Gasteiger partial charge < -0.3 is 4.74 Å². The summed E-state index contributed by atoms with van der Waals surface area (Å²) in [5.74, 6) is 2.46. The van der Waals surface area contributed by atoms with Crippen LogP contribution in [0.15, 0.2) is 22.8 Å². The van der Waals surface area contributed by atoms with E-state index in [0.717, 1.165) is 36.8 Å². The lowest BCUT2D eigenvalue weighted by molar-refractivity contribution is -0.138. The summed E-state index contributed by atoms with van der Waals surface area (Å²) < 4.78 is 4.93. The zero-order valence-corrected chi connectivity index (χ0v) is 10.0. The third-order valence-corrected chi connectivity index (χ3v) is 2.67. The molecular weight excluding hydrogens is 200 g/mol. The zero-order valence-electron chi connectivity index (χ0n) is 10.0. The molecule has 1 aliphatic rings. The summed E-state index contributed by atoms with van der Waals surface area (Å²) in [4.78, 5) is 11.4. The highest BCUT2D eigenvalue weighted by atomic mass is 16.5. The summed E-state index contributed by atoms with van der Waals surface area (Å²) in [6.07, 6.45) is 11.6. The van der Waals surface area contributed by atoms with Crippen LogP contribution in [0.2, 0.25) is 0 Å². The van der Waals surface area contributed by atoms with Crippen molar-refractivity contribution >= 4 is 5.97 Å². The summed E-state index contributed by atoms with van der Waals surface area (Å²) in [6, 6.07) is 0. The van der Waals surface area contributed by atoms with Crippen LogP contribution in [0.1, 0.15) is 39.5 Å². The van der Waals surface area contributed by atoms with Gasteiger partial charge in [0, 0.05) is 11.1 Å². The Morgan fingerprint density at radius 2 is 2.19 bits per heavy atom. The molecule has 86 valence electrons. The summed E-state index contributed by atoms with van der Waals surface area (Å²) in [7, 11) is 0. The highest BCUT2D eigenvalue weighted by Crippen LogP contribution is 2.26. The Morgan fingerprint density at radius 3 is 2.81 bits per heavy atom. The van der Waals surface area contributed by atoms with E-state index in [1.54, 1.807) is 13.8 Å². The molecule has 0 saturated carbocycles. The Hall–Kier alpha value is -1.49. The number of carbonyl (C=O) groups is 1. The molecule has 0 bridgehead atoms. The highest BCUT2D eigenvalue weighted by Gasteiger charge is 2.11. The maximum absolute atomic E-state index is 11.4. The molecular formula is C14H18O2. The molecule has 0 unspecified atom stereocenters. The van der Waals surface area contributed by atoms with Crippen LogP contribution in [-0.2, 0) is 9.53 Å². The Bertz CT molecular complexity index is 367. The maximum atomic E-state index is 11.4. The number of esters is 1. The molecule has 0 aromatic carbocycles. The molecule has 0 heterocycles. The number of hydrogen-bond donors (Lipinski definition) is 0. The van der Waals surface area contributed by atoms with Crippen LogP contribution < -0.4 is 0 Å². The van der Waals surface area contributed by atoms with Gasteiger partial charge in [-0.1, -0.05) is 5.92 Å². The van der Waals surface area contributed by atoms with Crippen molar-refractivity contribution in [2.24, 2.45) is 0 Å². The van der Waals surface area contributed by atoms with Gasteiger partial charge in [0.1, 0.15) is 0 Å². The standard InChI is InChI=1S/C14H18O2/c1-4-12-8-6-7-9-13(12)10-11(3)14(15)16-5-2/h1,10H,5-9H2,2-3H3/b11-10+. The third kappa shape index (κ3) is 3.27. The average molecular weight is 218 g/mol. The fourth-order valence-electron chi connectivity index (χ4n) is 1.82. The monoisotopic (exact) mass is 218 g/mol. The van der Waals surface area contributed by atoms with Gasteiger partial charge in [0.25, 0.3) is 0 Å². The molecule has 0 aromatic heterocycles. The summed E-state index contributed by atoms with van der Waals surface area (Å²) in [5, 5.41) is 0. The van der Waals surface area contributed by atoms with Crippen molar-refractivity contribution in [2.75, 3.05) is 6.61 Å². The summed E-state index contributed by atoms with van der Waals surface area (Å²) in [6.45, 7) is 3.98. The molecule has 0 aliphatic heterocycles. The van der Waals surface area contributed by atoms with Gasteiger partial charge in [-0.3, -0.25) is 0 Å². The van der Waals surface area contributed by atoms with Gasteiger partial charge in [0.2, 0.25) is 0 Å².